The zero-order chi connectivity index (χ0) is 33.7. The van der Waals surface area contributed by atoms with Crippen LogP contribution in [0.2, 0.25) is 10.0 Å². The lowest BCUT2D eigenvalue weighted by atomic mass is 9.55. The van der Waals surface area contributed by atoms with E-state index < -0.39 is 0 Å². The second kappa shape index (κ2) is 13.2. The van der Waals surface area contributed by atoms with Gasteiger partial charge in [0.25, 0.3) is 0 Å². The van der Waals surface area contributed by atoms with Crippen molar-refractivity contribution in [3.05, 3.63) is 133 Å². The third-order valence-electron chi connectivity index (χ3n) is 11.5. The number of fused-ring (bicyclic) bond motifs is 5. The molecule has 5 atom stereocenters. The average Bonchev–Trinajstić information content (AvgIpc) is 3.68. The summed E-state index contributed by atoms with van der Waals surface area (Å²) in [5.41, 5.74) is 8.17. The van der Waals surface area contributed by atoms with Gasteiger partial charge in [-0.1, -0.05) is 78.7 Å². The summed E-state index contributed by atoms with van der Waals surface area (Å²) in [5, 5.41) is 35.5. The number of phenols is 1. The van der Waals surface area contributed by atoms with Crippen LogP contribution in [0.15, 0.2) is 107 Å². The average molecular weight is 709 g/mol. The molecule has 5 nitrogen and oxygen atoms in total. The van der Waals surface area contributed by atoms with E-state index in [-0.39, 0.29) is 11.5 Å². The molecule has 8 heteroatoms. The minimum atomic E-state index is -0.192. The Kier molecular flexibility index (Phi) is 8.77. The molecule has 2 saturated carbocycles. The van der Waals surface area contributed by atoms with Crippen LogP contribution in [0.1, 0.15) is 67.2 Å². The Morgan fingerprint density at radius 2 is 1.65 bits per heavy atom. The standard InChI is InChI=1S/C41H39Cl2N3O2S/c1-41-20-19-32-33(35(41)17-18-39(41)48)16-9-27-23-38(47)28(21-34(27)32)22-36(25-7-10-29(42)11-8-25)44-45-40-46(31-14-12-30(43)13-15-31)37(24-49-40)26-5-3-2-4-6-26/h2-8,10-15,21,23-24,32-33,35,39,47-48H,9,16-20,22H2,1H3/b44-36-,45-40-/t32-,33+,35-,39-,41-/m0/s1. The van der Waals surface area contributed by atoms with Crippen molar-refractivity contribution in [1.82, 2.24) is 4.57 Å². The Morgan fingerprint density at radius 3 is 2.41 bits per heavy atom. The van der Waals surface area contributed by atoms with Crippen LogP contribution in [-0.2, 0) is 12.8 Å². The van der Waals surface area contributed by atoms with Gasteiger partial charge in [-0.15, -0.1) is 16.4 Å². The highest BCUT2D eigenvalue weighted by Crippen LogP contribution is 2.61. The van der Waals surface area contributed by atoms with Crippen molar-refractivity contribution >= 4 is 40.3 Å². The van der Waals surface area contributed by atoms with Crippen LogP contribution >= 0.6 is 34.5 Å². The van der Waals surface area contributed by atoms with Gasteiger partial charge in [0.15, 0.2) is 0 Å². The van der Waals surface area contributed by atoms with E-state index in [4.69, 9.17) is 33.4 Å². The Bertz CT molecular complexity index is 2090. The number of nitrogens with zero attached hydrogens (tertiary/aromatic N) is 3. The molecule has 250 valence electrons. The molecular formula is C41H39Cl2N3O2S. The quantitative estimate of drug-likeness (QED) is 0.136. The van der Waals surface area contributed by atoms with E-state index in [1.54, 1.807) is 0 Å². The van der Waals surface area contributed by atoms with E-state index in [9.17, 15) is 10.2 Å². The Labute approximate surface area is 301 Å². The fourth-order valence-corrected chi connectivity index (χ4v) is 10.0. The van der Waals surface area contributed by atoms with Gasteiger partial charge in [-0.2, -0.15) is 5.10 Å². The van der Waals surface area contributed by atoms with E-state index >= 15 is 0 Å². The highest BCUT2D eigenvalue weighted by Gasteiger charge is 2.54. The minimum Gasteiger partial charge on any atom is -0.508 e. The number of hydrogen-bond donors (Lipinski definition) is 2. The predicted octanol–water partition coefficient (Wildman–Crippen LogP) is 9.98. The zero-order valence-electron chi connectivity index (χ0n) is 27.4. The number of halogens is 2. The second-order valence-corrected chi connectivity index (χ2v) is 15.9. The van der Waals surface area contributed by atoms with E-state index in [2.05, 4.69) is 35.1 Å². The predicted molar refractivity (Wildman–Crippen MR) is 200 cm³/mol. The number of aliphatic hydroxyl groups excluding tert-OH is 1. The lowest BCUT2D eigenvalue weighted by molar-refractivity contribution is -0.0226. The van der Waals surface area contributed by atoms with Gasteiger partial charge < -0.3 is 10.2 Å². The fraction of sp³-hybridized carbons (Fsp3) is 0.317. The third-order valence-corrected chi connectivity index (χ3v) is 12.8. The van der Waals surface area contributed by atoms with Gasteiger partial charge >= 0.3 is 0 Å². The molecule has 2 fully saturated rings. The lowest BCUT2D eigenvalue weighted by Crippen LogP contribution is -2.43. The van der Waals surface area contributed by atoms with Crippen LogP contribution in [0.4, 0.5) is 0 Å². The molecule has 3 aliphatic carbocycles. The first kappa shape index (κ1) is 32.5. The number of rotatable bonds is 6. The molecule has 49 heavy (non-hydrogen) atoms. The van der Waals surface area contributed by atoms with Crippen molar-refractivity contribution < 1.29 is 10.2 Å². The van der Waals surface area contributed by atoms with Gasteiger partial charge in [-0.25, -0.2) is 0 Å². The summed E-state index contributed by atoms with van der Waals surface area (Å²) in [6.07, 6.45) is 6.46. The van der Waals surface area contributed by atoms with Gasteiger partial charge in [-0.3, -0.25) is 4.57 Å². The molecule has 4 aromatic carbocycles. The molecule has 1 heterocycles. The molecule has 0 radical (unpaired) electrons. The van der Waals surface area contributed by atoms with Gasteiger partial charge in [0.2, 0.25) is 4.80 Å². The summed E-state index contributed by atoms with van der Waals surface area (Å²) in [7, 11) is 0. The van der Waals surface area contributed by atoms with Gasteiger partial charge in [0.05, 0.1) is 17.5 Å². The van der Waals surface area contributed by atoms with Gasteiger partial charge in [0, 0.05) is 33.1 Å². The fourth-order valence-electron chi connectivity index (χ4n) is 8.92. The SMILES string of the molecule is C[C@]12CC[C@@H]3c4cc(C/C(=N/N=c5\scc(-c6ccccc6)n5-c5ccc(Cl)cc5)c5ccc(Cl)cc5)c(O)cc4CC[C@H]3[C@@H]1CC[C@@H]2O. The van der Waals surface area contributed by atoms with Crippen LogP contribution in [-0.4, -0.2) is 26.6 Å². The first-order valence-electron chi connectivity index (χ1n) is 17.2. The van der Waals surface area contributed by atoms with Crippen LogP contribution in [0.5, 0.6) is 5.75 Å². The minimum absolute atomic E-state index is 0.0272. The van der Waals surface area contributed by atoms with Crippen molar-refractivity contribution in [3.8, 4) is 22.7 Å². The number of thiazole rings is 1. The lowest BCUT2D eigenvalue weighted by Gasteiger charge is -2.50. The van der Waals surface area contributed by atoms with Gasteiger partial charge in [-0.05, 0) is 126 Å². The smallest absolute Gasteiger partial charge is 0.215 e. The third kappa shape index (κ3) is 6.07. The van der Waals surface area contributed by atoms with Gasteiger partial charge in [0.1, 0.15) is 5.75 Å². The molecule has 3 aliphatic rings. The van der Waals surface area contributed by atoms with Crippen molar-refractivity contribution in [2.24, 2.45) is 27.5 Å². The molecule has 1 aromatic heterocycles. The molecule has 5 aromatic rings. The normalized spacial score (nSPS) is 25.1. The number of hydrogen-bond acceptors (Lipinski definition) is 5. The molecule has 0 bridgehead atoms. The van der Waals surface area contributed by atoms with E-state index in [1.807, 2.05) is 72.8 Å². The topological polar surface area (TPSA) is 70.1 Å². The monoisotopic (exact) mass is 707 g/mol. The molecule has 2 N–H and O–H groups in total. The summed E-state index contributed by atoms with van der Waals surface area (Å²) in [5.74, 6) is 1.87. The molecule has 8 rings (SSSR count). The Balaban J connectivity index is 1.20. The zero-order valence-corrected chi connectivity index (χ0v) is 29.7. The van der Waals surface area contributed by atoms with Crippen LogP contribution < -0.4 is 4.80 Å². The molecule has 0 saturated heterocycles. The molecule has 0 spiro atoms. The first-order chi connectivity index (χ1) is 23.8. The number of phenolic OH excluding ortho intramolecular Hbond substituents is 1. The largest absolute Gasteiger partial charge is 0.508 e. The number of benzene rings is 4. The van der Waals surface area contributed by atoms with Crippen LogP contribution in [0.3, 0.4) is 0 Å². The maximum Gasteiger partial charge on any atom is 0.215 e. The Morgan fingerprint density at radius 1 is 0.918 bits per heavy atom. The summed E-state index contributed by atoms with van der Waals surface area (Å²) in [6, 6.07) is 29.9. The van der Waals surface area contributed by atoms with Crippen molar-refractivity contribution in [2.75, 3.05) is 0 Å². The summed E-state index contributed by atoms with van der Waals surface area (Å²) >= 11 is 14.1. The van der Waals surface area contributed by atoms with Crippen LogP contribution in [0.25, 0.3) is 16.9 Å². The molecule has 0 aliphatic heterocycles. The van der Waals surface area contributed by atoms with Crippen molar-refractivity contribution in [3.63, 3.8) is 0 Å². The number of aliphatic hydroxyl groups is 1. The first-order valence-corrected chi connectivity index (χ1v) is 18.8. The number of aromatic hydroxyl groups is 1. The highest BCUT2D eigenvalue weighted by molar-refractivity contribution is 7.07. The van der Waals surface area contributed by atoms with Crippen molar-refractivity contribution in [1.29, 1.82) is 0 Å². The summed E-state index contributed by atoms with van der Waals surface area (Å²) in [4.78, 5) is 0.717. The number of aromatic nitrogens is 1. The second-order valence-electron chi connectivity index (χ2n) is 14.1. The molecule has 0 unspecified atom stereocenters. The highest BCUT2D eigenvalue weighted by atomic mass is 35.5. The summed E-state index contributed by atoms with van der Waals surface area (Å²) < 4.78 is 2.10. The van der Waals surface area contributed by atoms with E-state index in [1.165, 1.54) is 22.5 Å². The van der Waals surface area contributed by atoms with Crippen LogP contribution in [0, 0.1) is 17.3 Å². The Hall–Kier alpha value is -3.68. The van der Waals surface area contributed by atoms with E-state index in [0.29, 0.717) is 44.8 Å². The van der Waals surface area contributed by atoms with Crippen molar-refractivity contribution in [2.45, 2.75) is 63.9 Å². The molecular weight excluding hydrogens is 669 g/mol. The maximum atomic E-state index is 11.4. The maximum absolute atomic E-state index is 11.4. The molecule has 0 amide bonds. The van der Waals surface area contributed by atoms with E-state index in [0.717, 1.165) is 72.3 Å². The summed E-state index contributed by atoms with van der Waals surface area (Å²) in [6.45, 7) is 2.31. The number of aryl methyl sites for hydroxylation is 1.